The molecule has 1 aromatic rings. The lowest BCUT2D eigenvalue weighted by Gasteiger charge is -2.42. The van der Waals surface area contributed by atoms with Crippen LogP contribution in [-0.4, -0.2) is 97.1 Å². The van der Waals surface area contributed by atoms with Crippen molar-refractivity contribution in [3.63, 3.8) is 0 Å². The lowest BCUT2D eigenvalue weighted by Crippen LogP contribution is -2.59. The van der Waals surface area contributed by atoms with Crippen molar-refractivity contribution in [1.29, 1.82) is 0 Å². The number of likely N-dealkylation sites (tertiary alicyclic amines) is 1. The van der Waals surface area contributed by atoms with Crippen LogP contribution in [0.15, 0.2) is 12.3 Å². The summed E-state index contributed by atoms with van der Waals surface area (Å²) >= 11 is 0. The summed E-state index contributed by atoms with van der Waals surface area (Å²) in [6.45, 7) is 17.5. The summed E-state index contributed by atoms with van der Waals surface area (Å²) in [6.07, 6.45) is 3.13. The summed E-state index contributed by atoms with van der Waals surface area (Å²) in [5.74, 6) is -0.984. The average molecular weight is 662 g/mol. The zero-order chi connectivity index (χ0) is 34.9. The number of carbonyl (C=O) groups excluding carboxylic acids is 3. The predicted octanol–water partition coefficient (Wildman–Crippen LogP) is 5.62. The van der Waals surface area contributed by atoms with Crippen molar-refractivity contribution in [3.8, 4) is 5.75 Å². The van der Waals surface area contributed by atoms with Crippen molar-refractivity contribution in [3.05, 3.63) is 17.8 Å². The third-order valence-electron chi connectivity index (χ3n) is 8.54. The third-order valence-corrected chi connectivity index (χ3v) is 8.54. The van der Waals surface area contributed by atoms with E-state index in [0.717, 1.165) is 24.8 Å². The minimum atomic E-state index is -1.28. The Morgan fingerprint density at radius 3 is 2.34 bits per heavy atom. The maximum Gasteiger partial charge on any atom is 0.410 e. The van der Waals surface area contributed by atoms with Gasteiger partial charge in [0, 0.05) is 76.7 Å². The number of aliphatic hydroxyl groups is 1. The van der Waals surface area contributed by atoms with Crippen LogP contribution in [0, 0.1) is 23.7 Å². The maximum absolute atomic E-state index is 14.5. The number of aliphatic hydroxyl groups excluding tert-OH is 1. The zero-order valence-corrected chi connectivity index (χ0v) is 30.1. The summed E-state index contributed by atoms with van der Waals surface area (Å²) in [5.41, 5.74) is 0.158. The number of aromatic nitrogens is 1. The highest BCUT2D eigenvalue weighted by molar-refractivity contribution is 5.97. The zero-order valence-electron chi connectivity index (χ0n) is 30.1. The summed E-state index contributed by atoms with van der Waals surface area (Å²) in [6, 6.07) is 1.70. The number of ketones is 1. The normalized spacial score (nSPS) is 20.8. The van der Waals surface area contributed by atoms with Gasteiger partial charge in [0.1, 0.15) is 23.0 Å². The minimum Gasteiger partial charge on any atom is -0.493 e. The van der Waals surface area contributed by atoms with Gasteiger partial charge in [-0.2, -0.15) is 0 Å². The van der Waals surface area contributed by atoms with Gasteiger partial charge in [0.05, 0.1) is 24.5 Å². The molecule has 2 aliphatic rings. The van der Waals surface area contributed by atoms with Crippen molar-refractivity contribution in [2.45, 2.75) is 111 Å². The number of nitrogens with zero attached hydrogens (tertiary/aromatic N) is 3. The molecule has 3 rings (SSSR count). The second kappa shape index (κ2) is 17.6. The predicted molar refractivity (Wildman–Crippen MR) is 181 cm³/mol. The molecular formula is C36H59N3O8. The standard InChI is InChI=1S/C36H59N3O8/c1-10-45-22-25(16-23(2)3)17-30(40)28-20-38(35(43)47-36(6,7)8)21-29(33(28)41)34(42)39(26-12-13-26)32-18-31(46-15-11-14-44-9)27(19-37-32)24(4)5/h18-19,23-26,28-29,33,41H,10-17,20-22H2,1-9H3/t25-,28-,29-,33+/m0/s1. The smallest absolute Gasteiger partial charge is 0.410 e. The van der Waals surface area contributed by atoms with E-state index in [1.54, 1.807) is 45.0 Å². The summed E-state index contributed by atoms with van der Waals surface area (Å²) in [7, 11) is 1.65. The second-order valence-corrected chi connectivity index (χ2v) is 14.8. The molecule has 0 radical (unpaired) electrons. The van der Waals surface area contributed by atoms with Crippen LogP contribution in [-0.2, 0) is 23.8 Å². The molecule has 2 fully saturated rings. The van der Waals surface area contributed by atoms with Crippen molar-refractivity contribution < 1.29 is 38.4 Å². The fourth-order valence-corrected chi connectivity index (χ4v) is 6.14. The molecule has 0 unspecified atom stereocenters. The molecule has 2 heterocycles. The van der Waals surface area contributed by atoms with Crippen LogP contribution >= 0.6 is 0 Å². The second-order valence-electron chi connectivity index (χ2n) is 14.8. The van der Waals surface area contributed by atoms with Gasteiger partial charge in [-0.25, -0.2) is 9.78 Å². The number of rotatable bonds is 17. The van der Waals surface area contributed by atoms with E-state index in [4.69, 9.17) is 23.9 Å². The molecule has 266 valence electrons. The molecule has 2 amide bonds. The van der Waals surface area contributed by atoms with Gasteiger partial charge >= 0.3 is 6.09 Å². The molecule has 1 aromatic heterocycles. The van der Waals surface area contributed by atoms with Crippen LogP contribution in [0.5, 0.6) is 5.75 Å². The quantitative estimate of drug-likeness (QED) is 0.212. The molecule has 47 heavy (non-hydrogen) atoms. The number of Topliss-reactive ketones (excluding diaryl/α,β-unsaturated/α-hetero) is 1. The van der Waals surface area contributed by atoms with Crippen LogP contribution < -0.4 is 9.64 Å². The van der Waals surface area contributed by atoms with Crippen LogP contribution in [0.2, 0.25) is 0 Å². The number of amides is 2. The minimum absolute atomic E-state index is 0.0219. The molecule has 4 atom stereocenters. The Hall–Kier alpha value is -2.76. The summed E-state index contributed by atoms with van der Waals surface area (Å²) < 4.78 is 22.7. The van der Waals surface area contributed by atoms with Crippen molar-refractivity contribution in [2.75, 3.05) is 51.5 Å². The number of pyridine rings is 1. The van der Waals surface area contributed by atoms with Crippen LogP contribution in [0.1, 0.15) is 99.0 Å². The molecule has 1 N–H and O–H groups in total. The van der Waals surface area contributed by atoms with Gasteiger partial charge in [-0.1, -0.05) is 27.7 Å². The number of hydrogen-bond donors (Lipinski definition) is 1. The largest absolute Gasteiger partial charge is 0.493 e. The van der Waals surface area contributed by atoms with E-state index in [9.17, 15) is 19.5 Å². The average Bonchev–Trinajstić information content (AvgIpc) is 3.82. The molecule has 0 bridgehead atoms. The highest BCUT2D eigenvalue weighted by Crippen LogP contribution is 2.38. The van der Waals surface area contributed by atoms with Crippen LogP contribution in [0.4, 0.5) is 10.6 Å². The van der Waals surface area contributed by atoms with E-state index in [2.05, 4.69) is 27.7 Å². The Bertz CT molecular complexity index is 1180. The SMILES string of the molecule is CCOC[C@H](CC(=O)[C@@H]1CN(C(=O)OC(C)(C)C)C[C@H](C(=O)N(c2cc(OCCCOC)c(C(C)C)cn2)C2CC2)[C@@H]1O)CC(C)C. The topological polar surface area (TPSA) is 128 Å². The molecule has 1 aliphatic carbocycles. The number of methoxy groups -OCH3 is 1. The Balaban J connectivity index is 1.95. The van der Waals surface area contributed by atoms with Gasteiger partial charge in [-0.15, -0.1) is 0 Å². The number of anilines is 1. The highest BCUT2D eigenvalue weighted by Gasteiger charge is 2.49. The monoisotopic (exact) mass is 661 g/mol. The van der Waals surface area contributed by atoms with E-state index < -0.39 is 29.6 Å². The van der Waals surface area contributed by atoms with E-state index in [1.165, 1.54) is 4.90 Å². The van der Waals surface area contributed by atoms with E-state index >= 15 is 0 Å². The first-order chi connectivity index (χ1) is 22.2. The van der Waals surface area contributed by atoms with Gasteiger partial charge in [-0.3, -0.25) is 14.5 Å². The van der Waals surface area contributed by atoms with Gasteiger partial charge in [0.15, 0.2) is 0 Å². The van der Waals surface area contributed by atoms with E-state index in [0.29, 0.717) is 50.3 Å². The maximum atomic E-state index is 14.5. The molecule has 11 heteroatoms. The molecule has 1 saturated heterocycles. The lowest BCUT2D eigenvalue weighted by atomic mass is 9.79. The summed E-state index contributed by atoms with van der Waals surface area (Å²) in [5, 5.41) is 11.8. The van der Waals surface area contributed by atoms with Crippen LogP contribution in [0.3, 0.4) is 0 Å². The van der Waals surface area contributed by atoms with Crippen molar-refractivity contribution in [1.82, 2.24) is 9.88 Å². The van der Waals surface area contributed by atoms with Crippen molar-refractivity contribution >= 4 is 23.6 Å². The molecule has 0 spiro atoms. The highest BCUT2D eigenvalue weighted by atomic mass is 16.6. The van der Waals surface area contributed by atoms with Gasteiger partial charge in [0.2, 0.25) is 5.91 Å². The Labute approximate surface area is 281 Å². The first kappa shape index (κ1) is 38.7. The van der Waals surface area contributed by atoms with Gasteiger partial charge in [-0.05, 0) is 64.7 Å². The third kappa shape index (κ3) is 11.4. The van der Waals surface area contributed by atoms with Crippen molar-refractivity contribution in [2.24, 2.45) is 23.7 Å². The number of piperidine rings is 1. The fourth-order valence-electron chi connectivity index (χ4n) is 6.14. The molecule has 1 aliphatic heterocycles. The van der Waals surface area contributed by atoms with Crippen LogP contribution in [0.25, 0.3) is 0 Å². The Kier molecular flexibility index (Phi) is 14.5. The summed E-state index contributed by atoms with van der Waals surface area (Å²) in [4.78, 5) is 49.5. The lowest BCUT2D eigenvalue weighted by molar-refractivity contribution is -0.140. The fraction of sp³-hybridized carbons (Fsp3) is 0.778. The first-order valence-corrected chi connectivity index (χ1v) is 17.4. The first-order valence-electron chi connectivity index (χ1n) is 17.4. The molecule has 0 aromatic carbocycles. The Morgan fingerprint density at radius 1 is 1.09 bits per heavy atom. The molecule has 11 nitrogen and oxygen atoms in total. The molecular weight excluding hydrogens is 602 g/mol. The van der Waals surface area contributed by atoms with Gasteiger partial charge in [0.25, 0.3) is 0 Å². The van der Waals surface area contributed by atoms with E-state index in [1.807, 2.05) is 6.92 Å². The van der Waals surface area contributed by atoms with Gasteiger partial charge < -0.3 is 29.0 Å². The van der Waals surface area contributed by atoms with E-state index in [-0.39, 0.29) is 49.1 Å². The number of hydrogen-bond acceptors (Lipinski definition) is 9. The molecule has 1 saturated carbocycles. The number of ether oxygens (including phenoxy) is 4. The number of carbonyl (C=O) groups is 3. The Morgan fingerprint density at radius 2 is 1.77 bits per heavy atom.